The van der Waals surface area contributed by atoms with Crippen LogP contribution in [0, 0.1) is 0 Å². The zero-order valence-corrected chi connectivity index (χ0v) is 19.4. The van der Waals surface area contributed by atoms with E-state index in [4.69, 9.17) is 0 Å². The smallest absolute Gasteiger partial charge is 0.251 e. The number of aromatic nitrogens is 1. The van der Waals surface area contributed by atoms with Gasteiger partial charge < -0.3 is 10.2 Å². The van der Waals surface area contributed by atoms with Crippen LogP contribution in [0.15, 0.2) is 115 Å². The largest absolute Gasteiger partial charge is 0.350 e. The molecule has 0 atom stereocenters. The van der Waals surface area contributed by atoms with E-state index < -0.39 is 0 Å². The van der Waals surface area contributed by atoms with Gasteiger partial charge in [0, 0.05) is 18.0 Å². The van der Waals surface area contributed by atoms with Crippen molar-refractivity contribution in [3.63, 3.8) is 0 Å². The molecule has 0 saturated heterocycles. The fourth-order valence-corrected chi connectivity index (χ4v) is 3.66. The van der Waals surface area contributed by atoms with E-state index in [-0.39, 0.29) is 18.2 Å². The molecule has 0 unspecified atom stereocenters. The number of carbonyl (C=O) groups excluding carboxylic acids is 2. The van der Waals surface area contributed by atoms with Gasteiger partial charge in [-0.15, -0.1) is 0 Å². The zero-order valence-electron chi connectivity index (χ0n) is 19.4. The molecule has 5 nitrogen and oxygen atoms in total. The average Bonchev–Trinajstić information content (AvgIpc) is 2.91. The van der Waals surface area contributed by atoms with Crippen molar-refractivity contribution in [3.05, 3.63) is 138 Å². The van der Waals surface area contributed by atoms with Crippen LogP contribution in [-0.4, -0.2) is 16.8 Å². The number of carbonyl (C=O) groups is 2. The second-order valence-electron chi connectivity index (χ2n) is 8.10. The van der Waals surface area contributed by atoms with E-state index >= 15 is 0 Å². The number of pyridine rings is 1. The van der Waals surface area contributed by atoms with E-state index in [1.165, 1.54) is 0 Å². The highest BCUT2D eigenvalue weighted by Crippen LogP contribution is 2.21. The Labute approximate surface area is 205 Å². The van der Waals surface area contributed by atoms with Crippen LogP contribution in [0.2, 0.25) is 0 Å². The highest BCUT2D eigenvalue weighted by molar-refractivity contribution is 6.03. The Kier molecular flexibility index (Phi) is 8.17. The monoisotopic (exact) mass is 461 g/mol. The number of nitrogens with one attached hydrogen (secondary N) is 1. The Morgan fingerprint density at radius 3 is 2.26 bits per heavy atom. The van der Waals surface area contributed by atoms with Crippen molar-refractivity contribution in [2.45, 2.75) is 19.5 Å². The molecule has 4 rings (SSSR count). The molecule has 0 saturated carbocycles. The van der Waals surface area contributed by atoms with E-state index in [2.05, 4.69) is 10.3 Å². The minimum absolute atomic E-state index is 0.0993. The molecule has 1 aromatic heterocycles. The van der Waals surface area contributed by atoms with Crippen LogP contribution < -0.4 is 10.2 Å². The molecule has 1 heterocycles. The maximum atomic E-state index is 13.3. The van der Waals surface area contributed by atoms with Crippen molar-refractivity contribution in [1.29, 1.82) is 0 Å². The molecule has 3 aromatic carbocycles. The first-order valence-corrected chi connectivity index (χ1v) is 11.5. The predicted octanol–water partition coefficient (Wildman–Crippen LogP) is 5.19. The summed E-state index contributed by atoms with van der Waals surface area (Å²) >= 11 is 0. The lowest BCUT2D eigenvalue weighted by Crippen LogP contribution is -2.29. The molecule has 0 bridgehead atoms. The molecule has 2 amide bonds. The van der Waals surface area contributed by atoms with Crippen molar-refractivity contribution in [2.24, 2.45) is 0 Å². The normalized spacial score (nSPS) is 10.7. The van der Waals surface area contributed by atoms with E-state index in [1.807, 2.05) is 109 Å². The minimum atomic E-state index is -0.130. The molecule has 1 N–H and O–H groups in total. The lowest BCUT2D eigenvalue weighted by Gasteiger charge is -2.22. The Hall–Kier alpha value is -4.51. The van der Waals surface area contributed by atoms with Crippen molar-refractivity contribution in [1.82, 2.24) is 10.3 Å². The first-order valence-electron chi connectivity index (χ1n) is 11.5. The van der Waals surface area contributed by atoms with Gasteiger partial charge in [0.05, 0.1) is 25.2 Å². The predicted molar refractivity (Wildman–Crippen MR) is 139 cm³/mol. The summed E-state index contributed by atoms with van der Waals surface area (Å²) in [6.07, 6.45) is 5.32. The van der Waals surface area contributed by atoms with Crippen LogP contribution in [0.3, 0.4) is 0 Å². The van der Waals surface area contributed by atoms with Crippen LogP contribution in [0.5, 0.6) is 0 Å². The standard InChI is InChI=1S/C30H27N3O2/c34-29(32-22-27-15-7-8-19-31-27)21-26-14-9-16-28(20-26)33(23-25-12-5-2-6-13-25)30(35)18-17-24-10-3-1-4-11-24/h1-20H,21-23H2,(H,32,34)/b18-17+. The number of hydrogen-bond donors (Lipinski definition) is 1. The van der Waals surface area contributed by atoms with Gasteiger partial charge in [-0.3, -0.25) is 14.6 Å². The fraction of sp³-hybridized carbons (Fsp3) is 0.100. The summed E-state index contributed by atoms with van der Waals surface area (Å²) in [4.78, 5) is 31.7. The summed E-state index contributed by atoms with van der Waals surface area (Å²) in [6, 6.07) is 32.8. The zero-order chi connectivity index (χ0) is 24.3. The fourth-order valence-electron chi connectivity index (χ4n) is 3.66. The second-order valence-corrected chi connectivity index (χ2v) is 8.10. The van der Waals surface area contributed by atoms with E-state index in [9.17, 15) is 9.59 Å². The van der Waals surface area contributed by atoms with Gasteiger partial charge >= 0.3 is 0 Å². The number of benzene rings is 3. The highest BCUT2D eigenvalue weighted by Gasteiger charge is 2.15. The third-order valence-corrected chi connectivity index (χ3v) is 5.45. The van der Waals surface area contributed by atoms with Crippen LogP contribution in [-0.2, 0) is 29.1 Å². The average molecular weight is 462 g/mol. The van der Waals surface area contributed by atoms with Crippen LogP contribution >= 0.6 is 0 Å². The summed E-state index contributed by atoms with van der Waals surface area (Å²) in [7, 11) is 0. The van der Waals surface area contributed by atoms with Gasteiger partial charge in [-0.1, -0.05) is 78.9 Å². The summed E-state index contributed by atoms with van der Waals surface area (Å²) in [5.74, 6) is -0.229. The maximum absolute atomic E-state index is 13.3. The van der Waals surface area contributed by atoms with Gasteiger partial charge in [0.25, 0.3) is 5.91 Å². The minimum Gasteiger partial charge on any atom is -0.350 e. The Morgan fingerprint density at radius 2 is 1.51 bits per heavy atom. The molecule has 0 spiro atoms. The Bertz CT molecular complexity index is 1270. The molecule has 0 aliphatic rings. The summed E-state index contributed by atoms with van der Waals surface area (Å²) in [5.41, 5.74) is 4.36. The Balaban J connectivity index is 1.50. The molecule has 0 fully saturated rings. The number of rotatable bonds is 9. The quantitative estimate of drug-likeness (QED) is 0.349. The van der Waals surface area contributed by atoms with Crippen molar-refractivity contribution in [2.75, 3.05) is 4.90 Å². The van der Waals surface area contributed by atoms with Crippen molar-refractivity contribution < 1.29 is 9.59 Å². The molecular formula is C30H27N3O2. The molecule has 0 radical (unpaired) electrons. The van der Waals surface area contributed by atoms with Gasteiger partial charge in [-0.2, -0.15) is 0 Å². The molecule has 0 aliphatic heterocycles. The Morgan fingerprint density at radius 1 is 0.800 bits per heavy atom. The van der Waals surface area contributed by atoms with Crippen LogP contribution in [0.4, 0.5) is 5.69 Å². The van der Waals surface area contributed by atoms with Gasteiger partial charge in [-0.25, -0.2) is 0 Å². The first kappa shape index (κ1) is 23.6. The molecule has 0 aliphatic carbocycles. The number of anilines is 1. The van der Waals surface area contributed by atoms with E-state index in [0.717, 1.165) is 28.1 Å². The van der Waals surface area contributed by atoms with Gasteiger partial charge in [0.2, 0.25) is 5.91 Å². The molecular weight excluding hydrogens is 434 g/mol. The van der Waals surface area contributed by atoms with Crippen LogP contribution in [0.25, 0.3) is 6.08 Å². The lowest BCUT2D eigenvalue weighted by molar-refractivity contribution is -0.120. The number of hydrogen-bond acceptors (Lipinski definition) is 3. The SMILES string of the molecule is O=C(Cc1cccc(N(Cc2ccccc2)C(=O)/C=C/c2ccccc2)c1)NCc1ccccn1. The molecule has 174 valence electrons. The van der Waals surface area contributed by atoms with Gasteiger partial charge in [0.15, 0.2) is 0 Å². The van der Waals surface area contributed by atoms with Crippen molar-refractivity contribution in [3.8, 4) is 0 Å². The second kappa shape index (κ2) is 12.1. The summed E-state index contributed by atoms with van der Waals surface area (Å²) in [5, 5.41) is 2.90. The lowest BCUT2D eigenvalue weighted by atomic mass is 10.1. The summed E-state index contributed by atoms with van der Waals surface area (Å²) < 4.78 is 0. The van der Waals surface area contributed by atoms with Crippen LogP contribution in [0.1, 0.15) is 22.4 Å². The topological polar surface area (TPSA) is 62.3 Å². The molecule has 5 heteroatoms. The highest BCUT2D eigenvalue weighted by atomic mass is 16.2. The molecule has 35 heavy (non-hydrogen) atoms. The van der Waals surface area contributed by atoms with E-state index in [1.54, 1.807) is 17.2 Å². The molecule has 4 aromatic rings. The van der Waals surface area contributed by atoms with Crippen molar-refractivity contribution >= 4 is 23.6 Å². The summed E-state index contributed by atoms with van der Waals surface area (Å²) in [6.45, 7) is 0.802. The third-order valence-electron chi connectivity index (χ3n) is 5.45. The third kappa shape index (κ3) is 7.24. The van der Waals surface area contributed by atoms with E-state index in [0.29, 0.717) is 13.1 Å². The van der Waals surface area contributed by atoms with Gasteiger partial charge in [-0.05, 0) is 47.0 Å². The van der Waals surface area contributed by atoms with Gasteiger partial charge in [0.1, 0.15) is 0 Å². The number of amides is 2. The number of nitrogens with zero attached hydrogens (tertiary/aromatic N) is 2. The first-order chi connectivity index (χ1) is 17.2. The maximum Gasteiger partial charge on any atom is 0.251 e.